The van der Waals surface area contributed by atoms with Crippen LogP contribution in [0, 0.1) is 6.92 Å². The molecule has 3 heteroatoms. The molecule has 0 aliphatic heterocycles. The zero-order valence-corrected chi connectivity index (χ0v) is 12.9. The van der Waals surface area contributed by atoms with Crippen LogP contribution in [0.1, 0.15) is 56.7 Å². The molecule has 2 saturated carbocycles. The monoisotopic (exact) mass is 273 g/mol. The Balaban J connectivity index is 1.75. The molecule has 20 heavy (non-hydrogen) atoms. The fourth-order valence-electron chi connectivity index (χ4n) is 3.34. The number of hydrogen-bond acceptors (Lipinski definition) is 3. The SMILES string of the molecule is CCN(c1cc(CNC2CC2)cc(C)n1)C1CCCC1. The van der Waals surface area contributed by atoms with Crippen molar-refractivity contribution in [2.75, 3.05) is 11.4 Å². The van der Waals surface area contributed by atoms with Gasteiger partial charge in [-0.15, -0.1) is 0 Å². The smallest absolute Gasteiger partial charge is 0.129 e. The van der Waals surface area contributed by atoms with Crippen LogP contribution < -0.4 is 10.2 Å². The first-order valence-corrected chi connectivity index (χ1v) is 8.24. The lowest BCUT2D eigenvalue weighted by atomic mass is 10.1. The van der Waals surface area contributed by atoms with E-state index in [-0.39, 0.29) is 0 Å². The highest BCUT2D eigenvalue weighted by molar-refractivity contribution is 5.44. The van der Waals surface area contributed by atoms with Crippen LogP contribution in [0.4, 0.5) is 5.82 Å². The molecule has 0 unspecified atom stereocenters. The van der Waals surface area contributed by atoms with Gasteiger partial charge in [-0.25, -0.2) is 4.98 Å². The van der Waals surface area contributed by atoms with Gasteiger partial charge in [0.05, 0.1) is 0 Å². The van der Waals surface area contributed by atoms with Gasteiger partial charge in [-0.2, -0.15) is 0 Å². The Morgan fingerprint density at radius 1 is 1.20 bits per heavy atom. The molecule has 110 valence electrons. The molecule has 0 aromatic carbocycles. The van der Waals surface area contributed by atoms with Crippen LogP contribution in [0.3, 0.4) is 0 Å². The maximum Gasteiger partial charge on any atom is 0.129 e. The molecule has 2 aliphatic rings. The summed E-state index contributed by atoms with van der Waals surface area (Å²) in [5.74, 6) is 1.19. The van der Waals surface area contributed by atoms with Gasteiger partial charge in [0.1, 0.15) is 5.82 Å². The van der Waals surface area contributed by atoms with Gasteiger partial charge < -0.3 is 10.2 Å². The molecule has 2 fully saturated rings. The molecule has 3 nitrogen and oxygen atoms in total. The zero-order chi connectivity index (χ0) is 13.9. The van der Waals surface area contributed by atoms with E-state index in [0.717, 1.165) is 24.8 Å². The van der Waals surface area contributed by atoms with Crippen molar-refractivity contribution in [1.29, 1.82) is 0 Å². The Kier molecular flexibility index (Phi) is 4.25. The summed E-state index contributed by atoms with van der Waals surface area (Å²) in [4.78, 5) is 7.30. The summed E-state index contributed by atoms with van der Waals surface area (Å²) in [6, 6.07) is 5.99. The molecule has 1 aromatic heterocycles. The molecule has 0 amide bonds. The van der Waals surface area contributed by atoms with Gasteiger partial charge in [0.15, 0.2) is 0 Å². The van der Waals surface area contributed by atoms with E-state index >= 15 is 0 Å². The summed E-state index contributed by atoms with van der Waals surface area (Å²) in [7, 11) is 0. The van der Waals surface area contributed by atoms with Crippen LogP contribution in [0.15, 0.2) is 12.1 Å². The average molecular weight is 273 g/mol. The number of aryl methyl sites for hydroxylation is 1. The molecule has 0 saturated heterocycles. The quantitative estimate of drug-likeness (QED) is 0.861. The van der Waals surface area contributed by atoms with Crippen LogP contribution in [0.25, 0.3) is 0 Å². The normalized spacial score (nSPS) is 19.5. The summed E-state index contributed by atoms with van der Waals surface area (Å²) in [5.41, 5.74) is 2.53. The highest BCUT2D eigenvalue weighted by atomic mass is 15.2. The Morgan fingerprint density at radius 3 is 2.60 bits per heavy atom. The van der Waals surface area contributed by atoms with E-state index in [0.29, 0.717) is 6.04 Å². The van der Waals surface area contributed by atoms with Crippen molar-refractivity contribution >= 4 is 5.82 Å². The Morgan fingerprint density at radius 2 is 1.95 bits per heavy atom. The van der Waals surface area contributed by atoms with E-state index in [1.165, 1.54) is 49.9 Å². The molecular weight excluding hydrogens is 246 g/mol. The van der Waals surface area contributed by atoms with E-state index in [1.807, 2.05) is 0 Å². The van der Waals surface area contributed by atoms with Gasteiger partial charge in [-0.1, -0.05) is 12.8 Å². The minimum absolute atomic E-state index is 0.707. The molecular formula is C17H27N3. The Hall–Kier alpha value is -1.09. The predicted octanol–water partition coefficient (Wildman–Crippen LogP) is 3.41. The van der Waals surface area contributed by atoms with Crippen molar-refractivity contribution in [3.05, 3.63) is 23.4 Å². The first-order valence-electron chi connectivity index (χ1n) is 8.24. The largest absolute Gasteiger partial charge is 0.354 e. The fraction of sp³-hybridized carbons (Fsp3) is 0.706. The predicted molar refractivity (Wildman–Crippen MR) is 84.1 cm³/mol. The summed E-state index contributed by atoms with van der Waals surface area (Å²) in [6.07, 6.45) is 8.12. The van der Waals surface area contributed by atoms with Crippen LogP contribution in [0.2, 0.25) is 0 Å². The van der Waals surface area contributed by atoms with Crippen molar-refractivity contribution in [3.8, 4) is 0 Å². The maximum atomic E-state index is 4.79. The lowest BCUT2D eigenvalue weighted by Gasteiger charge is -2.29. The number of anilines is 1. The Bertz CT molecular complexity index is 448. The first-order chi connectivity index (χ1) is 9.76. The fourth-order valence-corrected chi connectivity index (χ4v) is 3.34. The maximum absolute atomic E-state index is 4.79. The second-order valence-corrected chi connectivity index (χ2v) is 6.35. The first kappa shape index (κ1) is 13.9. The van der Waals surface area contributed by atoms with Crippen molar-refractivity contribution in [3.63, 3.8) is 0 Å². The van der Waals surface area contributed by atoms with Gasteiger partial charge in [0, 0.05) is 30.9 Å². The molecule has 2 aliphatic carbocycles. The number of hydrogen-bond donors (Lipinski definition) is 1. The second-order valence-electron chi connectivity index (χ2n) is 6.35. The molecule has 1 aromatic rings. The molecule has 3 rings (SSSR count). The average Bonchev–Trinajstić information content (AvgIpc) is 3.12. The van der Waals surface area contributed by atoms with Gasteiger partial charge >= 0.3 is 0 Å². The highest BCUT2D eigenvalue weighted by Gasteiger charge is 2.23. The zero-order valence-electron chi connectivity index (χ0n) is 12.9. The summed E-state index contributed by atoms with van der Waals surface area (Å²) in [6.45, 7) is 6.43. The van der Waals surface area contributed by atoms with Crippen molar-refractivity contribution in [1.82, 2.24) is 10.3 Å². The van der Waals surface area contributed by atoms with Gasteiger partial charge in [-0.05, 0) is 57.2 Å². The minimum Gasteiger partial charge on any atom is -0.354 e. The molecule has 0 atom stereocenters. The molecule has 0 radical (unpaired) electrons. The Labute approximate surface area is 122 Å². The summed E-state index contributed by atoms with van der Waals surface area (Å²) < 4.78 is 0. The van der Waals surface area contributed by atoms with Gasteiger partial charge in [0.25, 0.3) is 0 Å². The van der Waals surface area contributed by atoms with E-state index in [9.17, 15) is 0 Å². The number of aromatic nitrogens is 1. The van der Waals surface area contributed by atoms with Crippen molar-refractivity contribution in [2.24, 2.45) is 0 Å². The molecule has 0 bridgehead atoms. The van der Waals surface area contributed by atoms with Crippen LogP contribution in [-0.4, -0.2) is 23.6 Å². The topological polar surface area (TPSA) is 28.2 Å². The lowest BCUT2D eigenvalue weighted by Crippen LogP contribution is -2.34. The molecule has 1 heterocycles. The van der Waals surface area contributed by atoms with E-state index in [2.05, 4.69) is 36.2 Å². The summed E-state index contributed by atoms with van der Waals surface area (Å²) in [5, 5.41) is 3.61. The number of nitrogens with zero attached hydrogens (tertiary/aromatic N) is 2. The third-order valence-electron chi connectivity index (χ3n) is 4.57. The van der Waals surface area contributed by atoms with Crippen LogP contribution in [-0.2, 0) is 6.54 Å². The van der Waals surface area contributed by atoms with Gasteiger partial charge in [-0.3, -0.25) is 0 Å². The van der Waals surface area contributed by atoms with Crippen molar-refractivity contribution < 1.29 is 0 Å². The van der Waals surface area contributed by atoms with E-state index < -0.39 is 0 Å². The molecule has 0 spiro atoms. The van der Waals surface area contributed by atoms with Gasteiger partial charge in [0.2, 0.25) is 0 Å². The van der Waals surface area contributed by atoms with Crippen LogP contribution in [0.5, 0.6) is 0 Å². The minimum atomic E-state index is 0.707. The summed E-state index contributed by atoms with van der Waals surface area (Å²) >= 11 is 0. The van der Waals surface area contributed by atoms with E-state index in [4.69, 9.17) is 4.98 Å². The van der Waals surface area contributed by atoms with E-state index in [1.54, 1.807) is 0 Å². The van der Waals surface area contributed by atoms with Crippen molar-refractivity contribution in [2.45, 2.75) is 71.0 Å². The number of rotatable bonds is 6. The lowest BCUT2D eigenvalue weighted by molar-refractivity contribution is 0.611. The molecule has 1 N–H and O–H groups in total. The third-order valence-corrected chi connectivity index (χ3v) is 4.57. The number of pyridine rings is 1. The standard InChI is InChI=1S/C17H27N3/c1-3-20(16-6-4-5-7-16)17-11-14(10-13(2)19-17)12-18-15-8-9-15/h10-11,15-16,18H,3-9,12H2,1-2H3. The highest BCUT2D eigenvalue weighted by Crippen LogP contribution is 2.28. The second kappa shape index (κ2) is 6.13. The number of nitrogens with one attached hydrogen (secondary N) is 1. The van der Waals surface area contributed by atoms with Crippen LogP contribution >= 0.6 is 0 Å². The third kappa shape index (κ3) is 3.32.